The molecule has 0 radical (unpaired) electrons. The van der Waals surface area contributed by atoms with E-state index in [4.69, 9.17) is 21.1 Å². The lowest BCUT2D eigenvalue weighted by atomic mass is 9.82. The summed E-state index contributed by atoms with van der Waals surface area (Å²) in [6.07, 6.45) is 3.99. The molecule has 0 saturated heterocycles. The Balaban J connectivity index is 1.75. The van der Waals surface area contributed by atoms with E-state index in [0.29, 0.717) is 13.2 Å². The van der Waals surface area contributed by atoms with Crippen molar-refractivity contribution in [1.29, 1.82) is 0 Å². The molecule has 0 N–H and O–H groups in total. The number of fused-ring (bicyclic) bond motifs is 3. The molecule has 1 aliphatic carbocycles. The van der Waals surface area contributed by atoms with Gasteiger partial charge < -0.3 is 9.47 Å². The smallest absolute Gasteiger partial charge is 0.414 e. The van der Waals surface area contributed by atoms with Crippen LogP contribution in [0.4, 0.5) is 10.5 Å². The van der Waals surface area contributed by atoms with Crippen molar-refractivity contribution >= 4 is 23.4 Å². The Labute approximate surface area is 190 Å². The van der Waals surface area contributed by atoms with Crippen molar-refractivity contribution in [1.82, 2.24) is 0 Å². The van der Waals surface area contributed by atoms with Gasteiger partial charge in [-0.15, -0.1) is 11.6 Å². The van der Waals surface area contributed by atoms with Crippen LogP contribution in [-0.2, 0) is 24.2 Å². The van der Waals surface area contributed by atoms with Crippen molar-refractivity contribution in [3.63, 3.8) is 0 Å². The van der Waals surface area contributed by atoms with Gasteiger partial charge in [0.25, 0.3) is 0 Å². The molecular weight excluding hydrogens is 410 g/mol. The highest BCUT2D eigenvalue weighted by Crippen LogP contribution is 2.48. The molecular formula is C26H32ClNO3. The molecule has 4 rings (SSSR count). The highest BCUT2D eigenvalue weighted by molar-refractivity contribution is 6.21. The number of amides is 1. The van der Waals surface area contributed by atoms with Crippen LogP contribution < -0.4 is 9.64 Å². The number of hydrogen-bond acceptors (Lipinski definition) is 3. The topological polar surface area (TPSA) is 38.8 Å². The summed E-state index contributed by atoms with van der Waals surface area (Å²) in [5.41, 5.74) is 5.31. The van der Waals surface area contributed by atoms with Gasteiger partial charge in [-0.2, -0.15) is 0 Å². The fourth-order valence-corrected chi connectivity index (χ4v) is 4.88. The van der Waals surface area contributed by atoms with Crippen LogP contribution in [0.3, 0.4) is 0 Å². The largest absolute Gasteiger partial charge is 0.489 e. The van der Waals surface area contributed by atoms with E-state index in [1.54, 1.807) is 4.90 Å². The van der Waals surface area contributed by atoms with Crippen LogP contribution in [0.1, 0.15) is 68.7 Å². The number of halogens is 1. The van der Waals surface area contributed by atoms with Crippen LogP contribution in [-0.4, -0.2) is 23.6 Å². The minimum Gasteiger partial charge on any atom is -0.489 e. The number of rotatable bonds is 4. The number of nitrogens with zero attached hydrogens (tertiary/aromatic N) is 1. The van der Waals surface area contributed by atoms with Crippen LogP contribution in [0.5, 0.6) is 5.75 Å². The Bertz CT molecular complexity index is 949. The first-order valence-corrected chi connectivity index (χ1v) is 11.7. The summed E-state index contributed by atoms with van der Waals surface area (Å²) in [7, 11) is 0. The van der Waals surface area contributed by atoms with Crippen LogP contribution in [0.15, 0.2) is 36.4 Å². The molecule has 2 atom stereocenters. The Hall–Kier alpha value is -2.20. The van der Waals surface area contributed by atoms with Gasteiger partial charge in [0.05, 0.1) is 5.69 Å². The quantitative estimate of drug-likeness (QED) is 0.501. The van der Waals surface area contributed by atoms with E-state index in [2.05, 4.69) is 12.1 Å². The molecule has 0 unspecified atom stereocenters. The lowest BCUT2D eigenvalue weighted by Gasteiger charge is -2.27. The second kappa shape index (κ2) is 8.74. The normalized spacial score (nSPS) is 18.9. The van der Waals surface area contributed by atoms with Gasteiger partial charge in [0, 0.05) is 23.9 Å². The van der Waals surface area contributed by atoms with E-state index in [9.17, 15) is 4.79 Å². The molecule has 2 aromatic rings. The van der Waals surface area contributed by atoms with E-state index in [1.165, 1.54) is 16.7 Å². The summed E-state index contributed by atoms with van der Waals surface area (Å²) >= 11 is 6.63. The van der Waals surface area contributed by atoms with Gasteiger partial charge in [0.15, 0.2) is 0 Å². The summed E-state index contributed by atoms with van der Waals surface area (Å²) in [6.45, 7) is 8.75. The van der Waals surface area contributed by atoms with E-state index in [0.717, 1.165) is 42.7 Å². The predicted octanol–water partition coefficient (Wildman–Crippen LogP) is 6.61. The zero-order valence-corrected chi connectivity index (χ0v) is 19.7. The van der Waals surface area contributed by atoms with Crippen molar-refractivity contribution in [2.75, 3.05) is 11.4 Å². The number of carbonyl (C=O) groups is 1. The van der Waals surface area contributed by atoms with Crippen molar-refractivity contribution in [3.05, 3.63) is 58.7 Å². The molecule has 0 fully saturated rings. The van der Waals surface area contributed by atoms with Gasteiger partial charge in [-0.3, -0.25) is 4.90 Å². The van der Waals surface area contributed by atoms with Crippen molar-refractivity contribution in [3.8, 4) is 5.75 Å². The minimum absolute atomic E-state index is 0.0756. The Morgan fingerprint density at radius 1 is 1.16 bits per heavy atom. The number of alkyl halides is 1. The molecule has 2 aromatic carbocycles. The number of benzene rings is 2. The third-order valence-corrected chi connectivity index (χ3v) is 6.38. The van der Waals surface area contributed by atoms with E-state index >= 15 is 0 Å². The summed E-state index contributed by atoms with van der Waals surface area (Å²) in [5, 5.41) is -0.0756. The number of hydrogen-bond donors (Lipinski definition) is 0. The first kappa shape index (κ1) is 22.0. The monoisotopic (exact) mass is 441 g/mol. The van der Waals surface area contributed by atoms with Crippen LogP contribution >= 0.6 is 11.6 Å². The highest BCUT2D eigenvalue weighted by atomic mass is 35.5. The number of anilines is 1. The van der Waals surface area contributed by atoms with Gasteiger partial charge in [0.1, 0.15) is 18.0 Å². The van der Waals surface area contributed by atoms with Crippen molar-refractivity contribution < 1.29 is 14.3 Å². The fourth-order valence-electron chi connectivity index (χ4n) is 4.67. The number of ether oxygens (including phenoxy) is 2. The predicted molar refractivity (Wildman–Crippen MR) is 125 cm³/mol. The lowest BCUT2D eigenvalue weighted by Crippen LogP contribution is -2.36. The van der Waals surface area contributed by atoms with Gasteiger partial charge in [-0.1, -0.05) is 30.3 Å². The molecule has 0 spiro atoms. The standard InChI is InChI=1S/C26H32ClNO3/c1-17(27)21-15-28(25(29)31-26(2,3)4)22-14-23(30-16-18-10-6-5-7-11-18)19-12-8-9-13-20(19)24(21)22/h5-7,10-11,14,17,21H,8-9,12-13,15-16H2,1-4H3/t17-,21+/m0/s1. The molecule has 1 amide bonds. The van der Waals surface area contributed by atoms with Gasteiger partial charge in [0.2, 0.25) is 0 Å². The maximum atomic E-state index is 13.1. The first-order chi connectivity index (χ1) is 14.7. The summed E-state index contributed by atoms with van der Waals surface area (Å²) in [5.74, 6) is 0.980. The Kier molecular flexibility index (Phi) is 6.20. The molecule has 5 heteroatoms. The average Bonchev–Trinajstić information content (AvgIpc) is 3.12. The molecule has 2 aliphatic rings. The second-order valence-corrected chi connectivity index (χ2v) is 10.3. The molecule has 4 nitrogen and oxygen atoms in total. The molecule has 166 valence electrons. The van der Waals surface area contributed by atoms with Crippen LogP contribution in [0.2, 0.25) is 0 Å². The van der Waals surface area contributed by atoms with Gasteiger partial charge in [-0.25, -0.2) is 4.79 Å². The van der Waals surface area contributed by atoms with Gasteiger partial charge >= 0.3 is 6.09 Å². The second-order valence-electron chi connectivity index (χ2n) is 9.62. The molecule has 0 aromatic heterocycles. The molecule has 0 saturated carbocycles. The maximum Gasteiger partial charge on any atom is 0.414 e. The summed E-state index contributed by atoms with van der Waals surface area (Å²) in [4.78, 5) is 14.8. The summed E-state index contributed by atoms with van der Waals surface area (Å²) < 4.78 is 12.1. The lowest BCUT2D eigenvalue weighted by molar-refractivity contribution is 0.0582. The SMILES string of the molecule is C[C@H](Cl)[C@H]1CN(C(=O)OC(C)(C)C)c2cc(OCc3ccccc3)c3c(c21)CCCC3. The zero-order valence-electron chi connectivity index (χ0n) is 18.9. The first-order valence-electron chi connectivity index (χ1n) is 11.2. The third-order valence-electron chi connectivity index (χ3n) is 6.08. The Morgan fingerprint density at radius 2 is 1.84 bits per heavy atom. The third kappa shape index (κ3) is 4.69. The molecule has 0 bridgehead atoms. The van der Waals surface area contributed by atoms with Crippen molar-refractivity contribution in [2.24, 2.45) is 0 Å². The van der Waals surface area contributed by atoms with Crippen LogP contribution in [0, 0.1) is 0 Å². The van der Waals surface area contributed by atoms with E-state index in [1.807, 2.05) is 52.0 Å². The van der Waals surface area contributed by atoms with Crippen LogP contribution in [0.25, 0.3) is 0 Å². The van der Waals surface area contributed by atoms with E-state index in [-0.39, 0.29) is 17.4 Å². The Morgan fingerprint density at radius 3 is 2.48 bits per heavy atom. The maximum absolute atomic E-state index is 13.1. The fraction of sp³-hybridized carbons (Fsp3) is 0.500. The van der Waals surface area contributed by atoms with Gasteiger partial charge in [-0.05, 0) is 75.6 Å². The van der Waals surface area contributed by atoms with E-state index < -0.39 is 5.60 Å². The molecule has 1 heterocycles. The molecule has 1 aliphatic heterocycles. The highest BCUT2D eigenvalue weighted by Gasteiger charge is 2.40. The number of carbonyl (C=O) groups excluding carboxylic acids is 1. The molecule has 31 heavy (non-hydrogen) atoms. The minimum atomic E-state index is -0.553. The zero-order chi connectivity index (χ0) is 22.2. The van der Waals surface area contributed by atoms with Crippen molar-refractivity contribution in [2.45, 2.75) is 76.9 Å². The summed E-state index contributed by atoms with van der Waals surface area (Å²) in [6, 6.07) is 12.2. The average molecular weight is 442 g/mol.